The van der Waals surface area contributed by atoms with Crippen LogP contribution in [0.4, 0.5) is 0 Å². The SMILES string of the molecule is c1ccc2cc(-c3c4ccccc4c(-c4c5ccccc5c(-c5ccc6ccccc6c5)c5c4ccc4ccccc45)c4ccccc34)ccc2c1. The molecule has 0 N–H and O–H groups in total. The molecule has 0 saturated heterocycles. The molecule has 0 nitrogen and oxygen atoms in total. The van der Waals surface area contributed by atoms with E-state index in [-0.39, 0.29) is 0 Å². The summed E-state index contributed by atoms with van der Waals surface area (Å²) in [6.45, 7) is 0. The van der Waals surface area contributed by atoms with Gasteiger partial charge in [-0.05, 0) is 121 Å². The molecule has 0 heteroatoms. The summed E-state index contributed by atoms with van der Waals surface area (Å²) < 4.78 is 0. The molecular formula is C52H32. The van der Waals surface area contributed by atoms with Crippen molar-refractivity contribution < 1.29 is 0 Å². The van der Waals surface area contributed by atoms with E-state index in [4.69, 9.17) is 0 Å². The molecule has 0 amide bonds. The van der Waals surface area contributed by atoms with E-state index in [0.29, 0.717) is 0 Å². The maximum Gasteiger partial charge on any atom is -0.00137 e. The lowest BCUT2D eigenvalue weighted by Crippen LogP contribution is -1.95. The maximum atomic E-state index is 2.38. The van der Waals surface area contributed by atoms with E-state index in [9.17, 15) is 0 Å². The first-order valence-corrected chi connectivity index (χ1v) is 18.1. The van der Waals surface area contributed by atoms with Crippen molar-refractivity contribution in [1.82, 2.24) is 0 Å². The van der Waals surface area contributed by atoms with Crippen molar-refractivity contribution >= 4 is 75.4 Å². The third-order valence-corrected chi connectivity index (χ3v) is 11.2. The van der Waals surface area contributed by atoms with Gasteiger partial charge in [-0.2, -0.15) is 0 Å². The van der Waals surface area contributed by atoms with Crippen molar-refractivity contribution in [1.29, 1.82) is 0 Å². The van der Waals surface area contributed by atoms with Crippen LogP contribution in [0, 0.1) is 0 Å². The predicted molar refractivity (Wildman–Crippen MR) is 225 cm³/mol. The smallest absolute Gasteiger partial charge is 0.00137 e. The summed E-state index contributed by atoms with van der Waals surface area (Å²) in [7, 11) is 0. The largest absolute Gasteiger partial charge is 0.0616 e. The Morgan fingerprint density at radius 3 is 1.06 bits per heavy atom. The first kappa shape index (κ1) is 29.0. The zero-order valence-electron chi connectivity index (χ0n) is 28.5. The van der Waals surface area contributed by atoms with Crippen LogP contribution >= 0.6 is 0 Å². The summed E-state index contributed by atoms with van der Waals surface area (Å²) in [5.41, 5.74) is 7.63. The van der Waals surface area contributed by atoms with Crippen molar-refractivity contribution in [3.8, 4) is 33.4 Å². The van der Waals surface area contributed by atoms with Gasteiger partial charge in [0.15, 0.2) is 0 Å². The van der Waals surface area contributed by atoms with Gasteiger partial charge in [-0.25, -0.2) is 0 Å². The van der Waals surface area contributed by atoms with Crippen molar-refractivity contribution in [2.75, 3.05) is 0 Å². The third kappa shape index (κ3) is 4.28. The van der Waals surface area contributed by atoms with Crippen LogP contribution in [-0.2, 0) is 0 Å². The topological polar surface area (TPSA) is 0 Å². The molecule has 0 bridgehead atoms. The summed E-state index contributed by atoms with van der Waals surface area (Å²) in [4.78, 5) is 0. The molecule has 0 fully saturated rings. The van der Waals surface area contributed by atoms with Crippen LogP contribution in [0.2, 0.25) is 0 Å². The summed E-state index contributed by atoms with van der Waals surface area (Å²) in [5.74, 6) is 0. The van der Waals surface area contributed by atoms with Gasteiger partial charge < -0.3 is 0 Å². The second kappa shape index (κ2) is 11.4. The van der Waals surface area contributed by atoms with Crippen molar-refractivity contribution in [2.24, 2.45) is 0 Å². The zero-order valence-corrected chi connectivity index (χ0v) is 28.5. The maximum absolute atomic E-state index is 2.38. The first-order chi connectivity index (χ1) is 25.8. The van der Waals surface area contributed by atoms with E-state index in [1.807, 2.05) is 0 Å². The molecule has 0 radical (unpaired) electrons. The molecule has 11 rings (SSSR count). The van der Waals surface area contributed by atoms with Crippen LogP contribution in [0.1, 0.15) is 0 Å². The fraction of sp³-hybridized carbons (Fsp3) is 0. The average molecular weight is 657 g/mol. The van der Waals surface area contributed by atoms with Gasteiger partial charge >= 0.3 is 0 Å². The third-order valence-electron chi connectivity index (χ3n) is 11.2. The van der Waals surface area contributed by atoms with E-state index in [1.165, 1.54) is 109 Å². The Kier molecular flexibility index (Phi) is 6.35. The quantitative estimate of drug-likeness (QED) is 0.131. The molecule has 0 saturated carbocycles. The van der Waals surface area contributed by atoms with E-state index in [0.717, 1.165) is 0 Å². The highest BCUT2D eigenvalue weighted by Crippen LogP contribution is 2.51. The summed E-state index contributed by atoms with van der Waals surface area (Å²) in [6.07, 6.45) is 0. The molecule has 11 aromatic rings. The molecule has 240 valence electrons. The Hall–Kier alpha value is -6.76. The van der Waals surface area contributed by atoms with Crippen LogP contribution in [0.5, 0.6) is 0 Å². The van der Waals surface area contributed by atoms with Gasteiger partial charge in [0.2, 0.25) is 0 Å². The Morgan fingerprint density at radius 1 is 0.192 bits per heavy atom. The van der Waals surface area contributed by atoms with Crippen molar-refractivity contribution in [3.63, 3.8) is 0 Å². The molecule has 0 atom stereocenters. The lowest BCUT2D eigenvalue weighted by atomic mass is 9.80. The van der Waals surface area contributed by atoms with Gasteiger partial charge in [-0.15, -0.1) is 0 Å². The molecular weight excluding hydrogens is 625 g/mol. The molecule has 0 aliphatic rings. The standard InChI is InChI=1S/C52H32/c1-3-16-36-31-38(27-25-33(36)13-1)48-41-19-7-10-22-44(41)51(45-23-11-8-20-42(45)48)52-46-24-12-9-21-43(46)49(39-28-26-34-14-2-4-17-37(34)32-39)50-40-18-6-5-15-35(40)29-30-47(50)52/h1-32H. The molecule has 0 aliphatic carbocycles. The Labute approximate surface area is 301 Å². The second-order valence-corrected chi connectivity index (χ2v) is 14.0. The Balaban J connectivity index is 1.33. The minimum atomic E-state index is 1.24. The van der Waals surface area contributed by atoms with E-state index in [2.05, 4.69) is 194 Å². The molecule has 0 aromatic heterocycles. The molecule has 0 aliphatic heterocycles. The lowest BCUT2D eigenvalue weighted by molar-refractivity contribution is 1.68. The molecule has 52 heavy (non-hydrogen) atoms. The number of hydrogen-bond acceptors (Lipinski definition) is 0. The van der Waals surface area contributed by atoms with Crippen molar-refractivity contribution in [3.05, 3.63) is 194 Å². The normalized spacial score (nSPS) is 11.8. The average Bonchev–Trinajstić information content (AvgIpc) is 3.21. The van der Waals surface area contributed by atoms with Crippen LogP contribution < -0.4 is 0 Å². The zero-order chi connectivity index (χ0) is 34.2. The Bertz CT molecular complexity index is 3180. The van der Waals surface area contributed by atoms with Gasteiger partial charge in [-0.3, -0.25) is 0 Å². The number of rotatable bonds is 3. The minimum absolute atomic E-state index is 1.24. The molecule has 0 unspecified atom stereocenters. The number of benzene rings is 11. The number of fused-ring (bicyclic) bond motifs is 8. The second-order valence-electron chi connectivity index (χ2n) is 14.0. The highest BCUT2D eigenvalue weighted by molar-refractivity contribution is 6.33. The van der Waals surface area contributed by atoms with Crippen LogP contribution in [0.15, 0.2) is 194 Å². The van der Waals surface area contributed by atoms with Crippen LogP contribution in [0.3, 0.4) is 0 Å². The lowest BCUT2D eigenvalue weighted by Gasteiger charge is -2.23. The van der Waals surface area contributed by atoms with E-state index < -0.39 is 0 Å². The van der Waals surface area contributed by atoms with Gasteiger partial charge in [0.25, 0.3) is 0 Å². The predicted octanol–water partition coefficient (Wildman–Crippen LogP) is 14.8. The van der Waals surface area contributed by atoms with Crippen LogP contribution in [0.25, 0.3) is 109 Å². The molecule has 0 heterocycles. The fourth-order valence-electron chi connectivity index (χ4n) is 8.92. The summed E-state index contributed by atoms with van der Waals surface area (Å²) in [5, 5.41) is 17.7. The van der Waals surface area contributed by atoms with Gasteiger partial charge in [-0.1, -0.05) is 182 Å². The molecule has 11 aromatic carbocycles. The highest BCUT2D eigenvalue weighted by atomic mass is 14.3. The van der Waals surface area contributed by atoms with Gasteiger partial charge in [0.05, 0.1) is 0 Å². The summed E-state index contributed by atoms with van der Waals surface area (Å²) in [6, 6.07) is 72.0. The van der Waals surface area contributed by atoms with Crippen LogP contribution in [-0.4, -0.2) is 0 Å². The monoisotopic (exact) mass is 656 g/mol. The number of hydrogen-bond donors (Lipinski definition) is 0. The first-order valence-electron chi connectivity index (χ1n) is 18.1. The highest BCUT2D eigenvalue weighted by Gasteiger charge is 2.23. The fourth-order valence-corrected chi connectivity index (χ4v) is 8.92. The van der Waals surface area contributed by atoms with E-state index >= 15 is 0 Å². The Morgan fingerprint density at radius 2 is 0.538 bits per heavy atom. The van der Waals surface area contributed by atoms with Crippen molar-refractivity contribution in [2.45, 2.75) is 0 Å². The van der Waals surface area contributed by atoms with Gasteiger partial charge in [0.1, 0.15) is 0 Å². The van der Waals surface area contributed by atoms with E-state index in [1.54, 1.807) is 0 Å². The minimum Gasteiger partial charge on any atom is -0.0616 e. The summed E-state index contributed by atoms with van der Waals surface area (Å²) >= 11 is 0. The molecule has 0 spiro atoms. The van der Waals surface area contributed by atoms with Gasteiger partial charge in [0, 0.05) is 0 Å².